The van der Waals surface area contributed by atoms with E-state index in [1.54, 1.807) is 0 Å². The van der Waals surface area contributed by atoms with Gasteiger partial charge in [-0.2, -0.15) is 0 Å². The second-order valence-electron chi connectivity index (χ2n) is 1.10. The molecule has 0 bridgehead atoms. The Morgan fingerprint density at radius 3 is 1.56 bits per heavy atom. The molecular weight excluding hydrogens is 111 g/mol. The molecule has 0 aliphatic heterocycles. The minimum Gasteiger partial charge on any atom is -0.358 e. The number of rotatable bonds is 4. The van der Waals surface area contributed by atoms with E-state index in [1.165, 1.54) is 0 Å². The van der Waals surface area contributed by atoms with E-state index in [0.717, 1.165) is 13.2 Å². The maximum atomic E-state index is 4.85. The van der Waals surface area contributed by atoms with Crippen LogP contribution in [0.1, 0.15) is 13.8 Å². The zero-order valence-corrected chi connectivity index (χ0v) is 6.94. The monoisotopic (exact) mass is 126 g/mol. The van der Waals surface area contributed by atoms with Crippen LogP contribution in [0.2, 0.25) is 0 Å². The maximum absolute atomic E-state index is 4.85. The van der Waals surface area contributed by atoms with Crippen molar-refractivity contribution >= 4 is 0 Å². The van der Waals surface area contributed by atoms with Crippen LogP contribution in [0.4, 0.5) is 0 Å². The fourth-order valence-electron chi connectivity index (χ4n) is 0.226. The van der Waals surface area contributed by atoms with Crippen LogP contribution in [-0.2, 0) is 9.47 Å². The summed E-state index contributed by atoms with van der Waals surface area (Å²) in [6.07, 6.45) is 0. The van der Waals surface area contributed by atoms with Crippen LogP contribution in [-0.4, -0.2) is 20.0 Å². The normalized spacial score (nSPS) is 7.33. The molecule has 0 saturated heterocycles. The summed E-state index contributed by atoms with van der Waals surface area (Å²) in [5, 5.41) is 0. The Kier molecular flexibility index (Phi) is 28.6. The van der Waals surface area contributed by atoms with Gasteiger partial charge in [-0.1, -0.05) is 0 Å². The van der Waals surface area contributed by atoms with Crippen LogP contribution in [0, 0.1) is 7.43 Å². The topological polar surface area (TPSA) is 18.5 Å². The number of hydrogen-bond acceptors (Lipinski definition) is 2. The molecule has 3 heteroatoms. The predicted octanol–water partition coefficient (Wildman–Crippen LogP) is -1.53. The summed E-state index contributed by atoms with van der Waals surface area (Å²) in [5.74, 6) is 0. The first-order valence-electron chi connectivity index (χ1n) is 2.57. The fourth-order valence-corrected chi connectivity index (χ4v) is 0.226. The van der Waals surface area contributed by atoms with Crippen molar-refractivity contribution in [2.24, 2.45) is 0 Å². The van der Waals surface area contributed by atoms with Crippen LogP contribution >= 0.6 is 0 Å². The maximum Gasteiger partial charge on any atom is 1.00 e. The predicted molar refractivity (Wildman–Crippen MR) is 34.5 cm³/mol. The minimum absolute atomic E-state index is 0. The molecule has 0 saturated carbocycles. The summed E-state index contributed by atoms with van der Waals surface area (Å²) in [5.41, 5.74) is 0. The molecular formula is C6H15LiO2. The molecule has 9 heavy (non-hydrogen) atoms. The van der Waals surface area contributed by atoms with Crippen LogP contribution in [0.15, 0.2) is 0 Å². The molecule has 0 aromatic carbocycles. The van der Waals surface area contributed by atoms with Crippen molar-refractivity contribution in [3.8, 4) is 0 Å². The molecule has 0 fully saturated rings. The summed E-state index contributed by atoms with van der Waals surface area (Å²) >= 11 is 0. The first-order valence-corrected chi connectivity index (χ1v) is 2.57. The van der Waals surface area contributed by atoms with Gasteiger partial charge in [0.05, 0.1) is 0 Å². The van der Waals surface area contributed by atoms with Crippen molar-refractivity contribution in [2.75, 3.05) is 20.0 Å². The Morgan fingerprint density at radius 2 is 1.33 bits per heavy atom. The summed E-state index contributed by atoms with van der Waals surface area (Å²) in [4.78, 5) is 0. The van der Waals surface area contributed by atoms with Gasteiger partial charge >= 0.3 is 18.9 Å². The molecule has 0 spiro atoms. The van der Waals surface area contributed by atoms with Crippen molar-refractivity contribution in [1.82, 2.24) is 0 Å². The van der Waals surface area contributed by atoms with Crippen molar-refractivity contribution < 1.29 is 28.3 Å². The van der Waals surface area contributed by atoms with E-state index in [9.17, 15) is 0 Å². The molecule has 0 aliphatic rings. The van der Waals surface area contributed by atoms with Gasteiger partial charge in [-0.25, -0.2) is 0 Å². The van der Waals surface area contributed by atoms with E-state index in [4.69, 9.17) is 9.47 Å². The van der Waals surface area contributed by atoms with E-state index in [0.29, 0.717) is 6.79 Å². The quantitative estimate of drug-likeness (QED) is 0.197. The largest absolute Gasteiger partial charge is 1.00 e. The summed E-state index contributed by atoms with van der Waals surface area (Å²) in [7, 11) is 0. The molecule has 0 amide bonds. The first kappa shape index (κ1) is 16.3. The average Bonchev–Trinajstić information content (AvgIpc) is 1.69. The third kappa shape index (κ3) is 17.7. The molecule has 0 atom stereocenters. The standard InChI is InChI=1S/C5H12O2.CH3.Li/c1-3-6-5-7-4-2;;/h3-5H2,1-2H3;1H3;/q;-1;+1. The van der Waals surface area contributed by atoms with Crippen LogP contribution in [0.3, 0.4) is 0 Å². The van der Waals surface area contributed by atoms with Gasteiger partial charge in [0, 0.05) is 13.2 Å². The Bertz CT molecular complexity index is 30.2. The summed E-state index contributed by atoms with van der Waals surface area (Å²) in [6, 6.07) is 0. The van der Waals surface area contributed by atoms with Gasteiger partial charge in [0.1, 0.15) is 6.79 Å². The third-order valence-electron chi connectivity index (χ3n) is 0.575. The van der Waals surface area contributed by atoms with Gasteiger partial charge in [-0.3, -0.25) is 0 Å². The zero-order chi connectivity index (χ0) is 5.54. The second kappa shape index (κ2) is 15.8. The molecule has 2 nitrogen and oxygen atoms in total. The number of ether oxygens (including phenoxy) is 2. The Morgan fingerprint density at radius 1 is 1.00 bits per heavy atom. The van der Waals surface area contributed by atoms with Crippen LogP contribution in [0.5, 0.6) is 0 Å². The zero-order valence-electron chi connectivity index (χ0n) is 6.94. The summed E-state index contributed by atoms with van der Waals surface area (Å²) in [6.45, 7) is 5.80. The summed E-state index contributed by atoms with van der Waals surface area (Å²) < 4.78 is 9.70. The van der Waals surface area contributed by atoms with E-state index < -0.39 is 0 Å². The van der Waals surface area contributed by atoms with Crippen molar-refractivity contribution in [3.63, 3.8) is 0 Å². The van der Waals surface area contributed by atoms with Crippen molar-refractivity contribution in [3.05, 3.63) is 7.43 Å². The average molecular weight is 126 g/mol. The molecule has 52 valence electrons. The second-order valence-corrected chi connectivity index (χ2v) is 1.10. The van der Waals surface area contributed by atoms with Gasteiger partial charge < -0.3 is 16.9 Å². The van der Waals surface area contributed by atoms with E-state index in [-0.39, 0.29) is 26.3 Å². The molecule has 0 heterocycles. The SMILES string of the molecule is CCOCOCC.[CH3-].[Li+]. The molecule has 0 unspecified atom stereocenters. The smallest absolute Gasteiger partial charge is 0.358 e. The van der Waals surface area contributed by atoms with E-state index in [2.05, 4.69) is 0 Å². The molecule has 0 aromatic rings. The molecule has 0 radical (unpaired) electrons. The number of hydrogen-bond donors (Lipinski definition) is 0. The molecule has 0 N–H and O–H groups in total. The van der Waals surface area contributed by atoms with Gasteiger partial charge in [0.15, 0.2) is 0 Å². The Labute approximate surface area is 70.1 Å². The van der Waals surface area contributed by atoms with E-state index in [1.807, 2.05) is 13.8 Å². The molecule has 0 rings (SSSR count). The van der Waals surface area contributed by atoms with Gasteiger partial charge in [-0.15, -0.1) is 0 Å². The Balaban J connectivity index is -0.000000180. The molecule has 0 aliphatic carbocycles. The van der Waals surface area contributed by atoms with Gasteiger partial charge in [0.2, 0.25) is 0 Å². The van der Waals surface area contributed by atoms with Gasteiger partial charge in [0.25, 0.3) is 0 Å². The van der Waals surface area contributed by atoms with Crippen LogP contribution < -0.4 is 18.9 Å². The Hall–Kier alpha value is 0.517. The third-order valence-corrected chi connectivity index (χ3v) is 0.575. The minimum atomic E-state index is 0. The van der Waals surface area contributed by atoms with Crippen molar-refractivity contribution in [2.45, 2.75) is 13.8 Å². The van der Waals surface area contributed by atoms with Crippen molar-refractivity contribution in [1.29, 1.82) is 0 Å². The first-order chi connectivity index (χ1) is 3.41. The van der Waals surface area contributed by atoms with Gasteiger partial charge in [-0.05, 0) is 13.8 Å². The van der Waals surface area contributed by atoms with Crippen LogP contribution in [0.25, 0.3) is 0 Å². The fraction of sp³-hybridized carbons (Fsp3) is 0.833. The van der Waals surface area contributed by atoms with E-state index >= 15 is 0 Å². The molecule has 0 aromatic heterocycles.